The van der Waals surface area contributed by atoms with Gasteiger partial charge in [0.1, 0.15) is 0 Å². The van der Waals surface area contributed by atoms with Crippen LogP contribution in [0.3, 0.4) is 0 Å². The van der Waals surface area contributed by atoms with E-state index in [1.807, 2.05) is 30.3 Å². The number of ether oxygens (including phenoxy) is 1. The van der Waals surface area contributed by atoms with Crippen molar-refractivity contribution in [2.45, 2.75) is 31.6 Å². The molecule has 1 N–H and O–H groups in total. The molecule has 0 saturated carbocycles. The summed E-state index contributed by atoms with van der Waals surface area (Å²) in [6.07, 6.45) is 1.15. The number of hydrogen-bond donors (Lipinski definition) is 1. The maximum Gasteiger partial charge on any atom is 0.345 e. The Labute approximate surface area is 93.6 Å². The zero-order valence-electron chi connectivity index (χ0n) is 8.90. The molecule has 16 heavy (non-hydrogen) atoms. The number of benzene rings is 1. The third-order valence-electron chi connectivity index (χ3n) is 2.87. The minimum atomic E-state index is -2.67. The largest absolute Gasteiger partial charge is 0.345 e. The summed E-state index contributed by atoms with van der Waals surface area (Å²) in [6, 6.07) is 10.3. The Balaban J connectivity index is 1.86. The minimum absolute atomic E-state index is 0.263. The van der Waals surface area contributed by atoms with Crippen molar-refractivity contribution in [3.8, 4) is 0 Å². The predicted octanol–water partition coefficient (Wildman–Crippen LogP) is 2.72. The third kappa shape index (κ3) is 3.00. The zero-order valence-corrected chi connectivity index (χ0v) is 8.90. The summed E-state index contributed by atoms with van der Waals surface area (Å²) in [4.78, 5) is 0. The second-order valence-electron chi connectivity index (χ2n) is 3.97. The fourth-order valence-corrected chi connectivity index (χ4v) is 2.06. The molecule has 1 aliphatic heterocycles. The smallest absolute Gasteiger partial charge is 0.318 e. The lowest BCUT2D eigenvalue weighted by molar-refractivity contribution is -0.167. The Bertz CT molecular complexity index is 310. The van der Waals surface area contributed by atoms with E-state index in [1.54, 1.807) is 0 Å². The van der Waals surface area contributed by atoms with Gasteiger partial charge in [0.05, 0.1) is 6.10 Å². The molecule has 1 aliphatic rings. The van der Waals surface area contributed by atoms with Crippen LogP contribution in [0, 0.1) is 0 Å². The molecule has 1 saturated heterocycles. The third-order valence-corrected chi connectivity index (χ3v) is 2.87. The highest BCUT2D eigenvalue weighted by molar-refractivity contribution is 5.19. The quantitative estimate of drug-likeness (QED) is 0.857. The van der Waals surface area contributed by atoms with Gasteiger partial charge in [-0.05, 0) is 18.4 Å². The summed E-state index contributed by atoms with van der Waals surface area (Å²) in [5.74, 6) is 0. The predicted molar refractivity (Wildman–Crippen MR) is 57.3 cm³/mol. The Morgan fingerprint density at radius 3 is 2.50 bits per heavy atom. The molecule has 2 rings (SSSR count). The van der Waals surface area contributed by atoms with E-state index < -0.39 is 6.61 Å². The van der Waals surface area contributed by atoms with Crippen molar-refractivity contribution in [2.75, 3.05) is 6.54 Å². The second kappa shape index (κ2) is 5.37. The maximum absolute atomic E-state index is 12.0. The van der Waals surface area contributed by atoms with Gasteiger partial charge in [-0.2, -0.15) is 8.78 Å². The Morgan fingerprint density at radius 2 is 1.94 bits per heavy atom. The van der Waals surface area contributed by atoms with Gasteiger partial charge in [-0.25, -0.2) is 0 Å². The van der Waals surface area contributed by atoms with E-state index in [1.165, 1.54) is 5.56 Å². The van der Waals surface area contributed by atoms with Gasteiger partial charge in [0.25, 0.3) is 0 Å². The van der Waals surface area contributed by atoms with E-state index in [4.69, 9.17) is 0 Å². The summed E-state index contributed by atoms with van der Waals surface area (Å²) in [5, 5.41) is 3.23. The van der Waals surface area contributed by atoms with Crippen LogP contribution in [-0.2, 0) is 4.74 Å². The van der Waals surface area contributed by atoms with Crippen LogP contribution in [0.25, 0.3) is 0 Å². The van der Waals surface area contributed by atoms with Gasteiger partial charge in [0.2, 0.25) is 0 Å². The van der Waals surface area contributed by atoms with Crippen molar-refractivity contribution in [1.82, 2.24) is 5.32 Å². The molecule has 0 aliphatic carbocycles. The van der Waals surface area contributed by atoms with Crippen molar-refractivity contribution >= 4 is 0 Å². The van der Waals surface area contributed by atoms with Gasteiger partial charge in [-0.1, -0.05) is 30.3 Å². The lowest BCUT2D eigenvalue weighted by atomic mass is 9.96. The average Bonchev–Trinajstić information content (AvgIpc) is 2.30. The Hall–Kier alpha value is -1.00. The first-order valence-electron chi connectivity index (χ1n) is 5.47. The van der Waals surface area contributed by atoms with Crippen LogP contribution in [0.5, 0.6) is 0 Å². The molecule has 1 heterocycles. The summed E-state index contributed by atoms with van der Waals surface area (Å²) in [6.45, 7) is -2.18. The first-order chi connectivity index (χ1) is 7.75. The van der Waals surface area contributed by atoms with Gasteiger partial charge in [0, 0.05) is 12.6 Å². The molecule has 0 amide bonds. The van der Waals surface area contributed by atoms with Gasteiger partial charge < -0.3 is 10.1 Å². The van der Waals surface area contributed by atoms with Crippen molar-refractivity contribution in [3.05, 3.63) is 35.9 Å². The summed E-state index contributed by atoms with van der Waals surface area (Å²) in [5.41, 5.74) is 1.21. The number of alkyl halides is 2. The lowest BCUT2D eigenvalue weighted by Gasteiger charge is -2.29. The molecule has 2 atom stereocenters. The minimum Gasteiger partial charge on any atom is -0.318 e. The highest BCUT2D eigenvalue weighted by Gasteiger charge is 2.23. The number of rotatable bonds is 3. The van der Waals surface area contributed by atoms with Crippen molar-refractivity contribution in [2.24, 2.45) is 0 Å². The molecule has 0 bridgehead atoms. The fraction of sp³-hybridized carbons (Fsp3) is 0.500. The molecule has 2 unspecified atom stereocenters. The number of nitrogens with one attached hydrogen (secondary N) is 1. The average molecular weight is 227 g/mol. The molecule has 0 spiro atoms. The van der Waals surface area contributed by atoms with Crippen molar-refractivity contribution in [1.29, 1.82) is 0 Å². The molecular formula is C12H15F2NO. The van der Waals surface area contributed by atoms with Gasteiger partial charge >= 0.3 is 6.61 Å². The summed E-state index contributed by atoms with van der Waals surface area (Å²) < 4.78 is 28.5. The molecule has 1 fully saturated rings. The number of piperidine rings is 1. The van der Waals surface area contributed by atoms with Crippen LogP contribution < -0.4 is 5.32 Å². The molecule has 1 aromatic rings. The van der Waals surface area contributed by atoms with Crippen LogP contribution in [0.1, 0.15) is 24.4 Å². The highest BCUT2D eigenvalue weighted by atomic mass is 19.3. The van der Waals surface area contributed by atoms with E-state index in [2.05, 4.69) is 10.1 Å². The molecule has 4 heteroatoms. The van der Waals surface area contributed by atoms with Crippen LogP contribution >= 0.6 is 0 Å². The molecule has 1 aromatic carbocycles. The Morgan fingerprint density at radius 1 is 1.19 bits per heavy atom. The van der Waals surface area contributed by atoms with E-state index in [0.717, 1.165) is 6.42 Å². The first-order valence-corrected chi connectivity index (χ1v) is 5.47. The SMILES string of the molecule is FC(F)OC1CCC(c2ccccc2)NC1. The van der Waals surface area contributed by atoms with Gasteiger partial charge in [-0.3, -0.25) is 0 Å². The van der Waals surface area contributed by atoms with Gasteiger partial charge in [-0.15, -0.1) is 0 Å². The van der Waals surface area contributed by atoms with Gasteiger partial charge in [0.15, 0.2) is 0 Å². The summed E-state index contributed by atoms with van der Waals surface area (Å²) in [7, 11) is 0. The van der Waals surface area contributed by atoms with Crippen LogP contribution in [0.2, 0.25) is 0 Å². The standard InChI is InChI=1S/C12H15F2NO/c13-12(14)16-10-6-7-11(15-8-10)9-4-2-1-3-5-9/h1-5,10-12,15H,6-8H2. The van der Waals surface area contributed by atoms with Crippen LogP contribution in [0.15, 0.2) is 30.3 Å². The van der Waals surface area contributed by atoms with Crippen molar-refractivity contribution in [3.63, 3.8) is 0 Å². The number of halogens is 2. The Kier molecular flexibility index (Phi) is 3.85. The molecule has 88 valence electrons. The zero-order chi connectivity index (χ0) is 11.4. The monoisotopic (exact) mass is 227 g/mol. The van der Waals surface area contributed by atoms with Crippen LogP contribution in [0.4, 0.5) is 8.78 Å². The molecular weight excluding hydrogens is 212 g/mol. The van der Waals surface area contributed by atoms with Crippen LogP contribution in [-0.4, -0.2) is 19.3 Å². The molecule has 0 radical (unpaired) electrons. The van der Waals surface area contributed by atoms with Crippen molar-refractivity contribution < 1.29 is 13.5 Å². The fourth-order valence-electron chi connectivity index (χ4n) is 2.06. The second-order valence-corrected chi connectivity index (χ2v) is 3.97. The molecule has 0 aromatic heterocycles. The molecule has 2 nitrogen and oxygen atoms in total. The number of hydrogen-bond acceptors (Lipinski definition) is 2. The lowest BCUT2D eigenvalue weighted by Crippen LogP contribution is -2.38. The highest BCUT2D eigenvalue weighted by Crippen LogP contribution is 2.24. The van der Waals surface area contributed by atoms with E-state index in [0.29, 0.717) is 13.0 Å². The van der Waals surface area contributed by atoms with E-state index in [9.17, 15) is 8.78 Å². The van der Waals surface area contributed by atoms with E-state index in [-0.39, 0.29) is 12.1 Å². The normalized spacial score (nSPS) is 25.9. The topological polar surface area (TPSA) is 21.3 Å². The first kappa shape index (κ1) is 11.5. The van der Waals surface area contributed by atoms with E-state index >= 15 is 0 Å². The maximum atomic E-state index is 12.0. The summed E-state index contributed by atoms with van der Waals surface area (Å²) >= 11 is 0.